The second kappa shape index (κ2) is 4.86. The van der Waals surface area contributed by atoms with Crippen molar-refractivity contribution < 1.29 is 0 Å². The quantitative estimate of drug-likeness (QED) is 0.682. The topological polar surface area (TPSA) is 12.0 Å². The van der Waals surface area contributed by atoms with Crippen molar-refractivity contribution in [2.24, 2.45) is 5.92 Å². The Kier molecular flexibility index (Phi) is 4.07. The number of rotatable bonds is 4. The SMILES string of the molecule is CC(C)NC(C)CC1CCCC1. The van der Waals surface area contributed by atoms with Gasteiger partial charge in [0, 0.05) is 12.1 Å². The predicted molar refractivity (Wildman–Crippen MR) is 54.3 cm³/mol. The molecule has 0 radical (unpaired) electrons. The van der Waals surface area contributed by atoms with E-state index in [1.807, 2.05) is 0 Å². The standard InChI is InChI=1S/C11H23N/c1-9(2)12-10(3)8-11-6-4-5-7-11/h9-12H,4-8H2,1-3H3. The van der Waals surface area contributed by atoms with E-state index in [2.05, 4.69) is 26.1 Å². The van der Waals surface area contributed by atoms with Crippen LogP contribution in [0.2, 0.25) is 0 Å². The molecule has 0 aromatic carbocycles. The van der Waals surface area contributed by atoms with E-state index in [1.54, 1.807) is 0 Å². The molecular formula is C11H23N. The number of nitrogens with one attached hydrogen (secondary N) is 1. The lowest BCUT2D eigenvalue weighted by molar-refractivity contribution is 0.384. The van der Waals surface area contributed by atoms with Gasteiger partial charge in [-0.1, -0.05) is 39.5 Å². The maximum atomic E-state index is 3.57. The molecule has 1 fully saturated rings. The molecule has 1 nitrogen and oxygen atoms in total. The molecule has 0 aromatic heterocycles. The summed E-state index contributed by atoms with van der Waals surface area (Å²) in [6.45, 7) is 6.77. The van der Waals surface area contributed by atoms with Crippen molar-refractivity contribution in [3.05, 3.63) is 0 Å². The third kappa shape index (κ3) is 3.57. The molecule has 72 valence electrons. The Balaban J connectivity index is 2.11. The Bertz CT molecular complexity index is 114. The molecule has 1 aliphatic carbocycles. The van der Waals surface area contributed by atoms with Crippen LogP contribution in [0.4, 0.5) is 0 Å². The fraction of sp³-hybridized carbons (Fsp3) is 1.00. The van der Waals surface area contributed by atoms with Crippen LogP contribution in [0, 0.1) is 5.92 Å². The lowest BCUT2D eigenvalue weighted by atomic mass is 9.99. The van der Waals surface area contributed by atoms with E-state index in [0.29, 0.717) is 12.1 Å². The summed E-state index contributed by atoms with van der Waals surface area (Å²) < 4.78 is 0. The zero-order valence-electron chi connectivity index (χ0n) is 8.77. The first-order valence-electron chi connectivity index (χ1n) is 5.44. The minimum Gasteiger partial charge on any atom is -0.312 e. The lowest BCUT2D eigenvalue weighted by Gasteiger charge is -2.19. The third-order valence-corrected chi connectivity index (χ3v) is 2.78. The van der Waals surface area contributed by atoms with Gasteiger partial charge in [-0.05, 0) is 19.3 Å². The van der Waals surface area contributed by atoms with Crippen LogP contribution in [0.5, 0.6) is 0 Å². The third-order valence-electron chi connectivity index (χ3n) is 2.78. The normalized spacial score (nSPS) is 22.0. The maximum absolute atomic E-state index is 3.57. The highest BCUT2D eigenvalue weighted by Gasteiger charge is 2.17. The first-order valence-corrected chi connectivity index (χ1v) is 5.44. The Hall–Kier alpha value is -0.0400. The van der Waals surface area contributed by atoms with E-state index in [0.717, 1.165) is 5.92 Å². The molecule has 1 atom stereocenters. The molecule has 1 aliphatic rings. The predicted octanol–water partition coefficient (Wildman–Crippen LogP) is 2.95. The van der Waals surface area contributed by atoms with Crippen molar-refractivity contribution in [3.8, 4) is 0 Å². The van der Waals surface area contributed by atoms with Gasteiger partial charge in [0.2, 0.25) is 0 Å². The summed E-state index contributed by atoms with van der Waals surface area (Å²) >= 11 is 0. The van der Waals surface area contributed by atoms with E-state index in [4.69, 9.17) is 0 Å². The fourth-order valence-electron chi connectivity index (χ4n) is 2.38. The van der Waals surface area contributed by atoms with Gasteiger partial charge < -0.3 is 5.32 Å². The zero-order chi connectivity index (χ0) is 8.97. The van der Waals surface area contributed by atoms with Crippen molar-refractivity contribution in [2.45, 2.75) is 65.0 Å². The molecule has 1 saturated carbocycles. The van der Waals surface area contributed by atoms with Crippen LogP contribution >= 0.6 is 0 Å². The molecule has 0 amide bonds. The Morgan fingerprint density at radius 3 is 2.25 bits per heavy atom. The van der Waals surface area contributed by atoms with Crippen LogP contribution in [0.25, 0.3) is 0 Å². The number of hydrogen-bond donors (Lipinski definition) is 1. The highest BCUT2D eigenvalue weighted by Crippen LogP contribution is 2.28. The van der Waals surface area contributed by atoms with Gasteiger partial charge in [0.05, 0.1) is 0 Å². The fourth-order valence-corrected chi connectivity index (χ4v) is 2.38. The van der Waals surface area contributed by atoms with Crippen molar-refractivity contribution in [3.63, 3.8) is 0 Å². The van der Waals surface area contributed by atoms with E-state index in [1.165, 1.54) is 32.1 Å². The molecule has 1 heteroatoms. The average molecular weight is 169 g/mol. The molecule has 0 saturated heterocycles. The molecule has 0 aromatic rings. The zero-order valence-corrected chi connectivity index (χ0v) is 8.77. The second-order valence-electron chi connectivity index (χ2n) is 4.61. The van der Waals surface area contributed by atoms with Gasteiger partial charge in [0.1, 0.15) is 0 Å². The van der Waals surface area contributed by atoms with Crippen molar-refractivity contribution >= 4 is 0 Å². The molecule has 0 heterocycles. The van der Waals surface area contributed by atoms with Crippen LogP contribution in [-0.2, 0) is 0 Å². The average Bonchev–Trinajstić information content (AvgIpc) is 2.37. The van der Waals surface area contributed by atoms with Gasteiger partial charge >= 0.3 is 0 Å². The molecule has 1 N–H and O–H groups in total. The summed E-state index contributed by atoms with van der Waals surface area (Å²) in [5.41, 5.74) is 0. The van der Waals surface area contributed by atoms with Gasteiger partial charge in [-0.15, -0.1) is 0 Å². The molecular weight excluding hydrogens is 146 g/mol. The van der Waals surface area contributed by atoms with Gasteiger partial charge in [-0.3, -0.25) is 0 Å². The van der Waals surface area contributed by atoms with Crippen LogP contribution in [0.1, 0.15) is 52.9 Å². The van der Waals surface area contributed by atoms with Crippen molar-refractivity contribution in [1.29, 1.82) is 0 Å². The highest BCUT2D eigenvalue weighted by atomic mass is 14.9. The first kappa shape index (κ1) is 10.0. The highest BCUT2D eigenvalue weighted by molar-refractivity contribution is 4.73. The van der Waals surface area contributed by atoms with E-state index >= 15 is 0 Å². The van der Waals surface area contributed by atoms with Gasteiger partial charge in [-0.2, -0.15) is 0 Å². The summed E-state index contributed by atoms with van der Waals surface area (Å²) in [6, 6.07) is 1.36. The van der Waals surface area contributed by atoms with E-state index < -0.39 is 0 Å². The van der Waals surface area contributed by atoms with Crippen LogP contribution in [0.15, 0.2) is 0 Å². The minimum atomic E-state index is 0.640. The molecule has 12 heavy (non-hydrogen) atoms. The van der Waals surface area contributed by atoms with Crippen molar-refractivity contribution in [2.75, 3.05) is 0 Å². The molecule has 0 aliphatic heterocycles. The smallest absolute Gasteiger partial charge is 0.00437 e. The Labute approximate surface area is 76.9 Å². The van der Waals surface area contributed by atoms with Crippen LogP contribution < -0.4 is 5.32 Å². The minimum absolute atomic E-state index is 0.640. The maximum Gasteiger partial charge on any atom is 0.00437 e. The van der Waals surface area contributed by atoms with Crippen LogP contribution in [-0.4, -0.2) is 12.1 Å². The first-order chi connectivity index (χ1) is 5.68. The summed E-state index contributed by atoms with van der Waals surface area (Å²) in [4.78, 5) is 0. The Morgan fingerprint density at radius 1 is 1.17 bits per heavy atom. The summed E-state index contributed by atoms with van der Waals surface area (Å²) in [7, 11) is 0. The summed E-state index contributed by atoms with van der Waals surface area (Å²) in [6.07, 6.45) is 7.28. The van der Waals surface area contributed by atoms with Gasteiger partial charge in [0.25, 0.3) is 0 Å². The van der Waals surface area contributed by atoms with Gasteiger partial charge in [0.15, 0.2) is 0 Å². The number of hydrogen-bond acceptors (Lipinski definition) is 1. The second-order valence-corrected chi connectivity index (χ2v) is 4.61. The van der Waals surface area contributed by atoms with E-state index in [9.17, 15) is 0 Å². The molecule has 1 unspecified atom stereocenters. The molecule has 1 rings (SSSR count). The summed E-state index contributed by atoms with van der Waals surface area (Å²) in [5, 5.41) is 3.57. The summed E-state index contributed by atoms with van der Waals surface area (Å²) in [5.74, 6) is 1.02. The Morgan fingerprint density at radius 2 is 1.75 bits per heavy atom. The van der Waals surface area contributed by atoms with Crippen LogP contribution in [0.3, 0.4) is 0 Å². The molecule has 0 bridgehead atoms. The molecule has 0 spiro atoms. The lowest BCUT2D eigenvalue weighted by Crippen LogP contribution is -2.33. The largest absolute Gasteiger partial charge is 0.312 e. The van der Waals surface area contributed by atoms with E-state index in [-0.39, 0.29) is 0 Å². The van der Waals surface area contributed by atoms with Crippen molar-refractivity contribution in [1.82, 2.24) is 5.32 Å². The monoisotopic (exact) mass is 169 g/mol. The van der Waals surface area contributed by atoms with Gasteiger partial charge in [-0.25, -0.2) is 0 Å².